The van der Waals surface area contributed by atoms with Crippen molar-refractivity contribution in [1.82, 2.24) is 10.3 Å². The van der Waals surface area contributed by atoms with E-state index in [1.807, 2.05) is 25.2 Å². The van der Waals surface area contributed by atoms with Gasteiger partial charge in [-0.15, -0.1) is 11.3 Å². The summed E-state index contributed by atoms with van der Waals surface area (Å²) in [6, 6.07) is 10.6. The maximum atomic E-state index is 4.61. The Bertz CT molecular complexity index is 422. The molecule has 15 heavy (non-hydrogen) atoms. The van der Waals surface area contributed by atoms with Gasteiger partial charge in [0.05, 0.1) is 11.7 Å². The Hall–Kier alpha value is -1.19. The van der Waals surface area contributed by atoms with Crippen LogP contribution in [0.3, 0.4) is 0 Å². The summed E-state index contributed by atoms with van der Waals surface area (Å²) in [7, 11) is 1.95. The quantitative estimate of drug-likeness (QED) is 0.856. The van der Waals surface area contributed by atoms with Gasteiger partial charge in [0.15, 0.2) is 0 Å². The van der Waals surface area contributed by atoms with E-state index in [2.05, 4.69) is 34.7 Å². The summed E-state index contributed by atoms with van der Waals surface area (Å²) >= 11 is 1.70. The highest BCUT2D eigenvalue weighted by Gasteiger charge is 2.08. The standard InChI is InChI=1S/C12H14N2S/c1-9(13-2)12-14-11(8-15-12)10-6-4-3-5-7-10/h3-9,13H,1-2H3. The van der Waals surface area contributed by atoms with Crippen LogP contribution in [-0.4, -0.2) is 12.0 Å². The smallest absolute Gasteiger partial charge is 0.110 e. The molecular weight excluding hydrogens is 204 g/mol. The lowest BCUT2D eigenvalue weighted by molar-refractivity contribution is 0.648. The molecule has 0 aliphatic heterocycles. The summed E-state index contributed by atoms with van der Waals surface area (Å²) in [5.41, 5.74) is 2.25. The van der Waals surface area contributed by atoms with E-state index < -0.39 is 0 Å². The molecule has 1 N–H and O–H groups in total. The van der Waals surface area contributed by atoms with Crippen molar-refractivity contribution in [2.45, 2.75) is 13.0 Å². The molecule has 78 valence electrons. The predicted octanol–water partition coefficient (Wildman–Crippen LogP) is 3.09. The van der Waals surface area contributed by atoms with Gasteiger partial charge in [0, 0.05) is 10.9 Å². The number of nitrogens with zero attached hydrogens (tertiary/aromatic N) is 1. The van der Waals surface area contributed by atoms with E-state index in [0.29, 0.717) is 6.04 Å². The lowest BCUT2D eigenvalue weighted by atomic mass is 10.2. The second kappa shape index (κ2) is 4.55. The Labute approximate surface area is 94.0 Å². The van der Waals surface area contributed by atoms with Crippen LogP contribution in [0.4, 0.5) is 0 Å². The highest BCUT2D eigenvalue weighted by atomic mass is 32.1. The number of rotatable bonds is 3. The summed E-state index contributed by atoms with van der Waals surface area (Å²) < 4.78 is 0. The maximum Gasteiger partial charge on any atom is 0.110 e. The zero-order chi connectivity index (χ0) is 10.7. The van der Waals surface area contributed by atoms with Crippen molar-refractivity contribution in [1.29, 1.82) is 0 Å². The molecule has 0 saturated carbocycles. The molecule has 1 unspecified atom stereocenters. The van der Waals surface area contributed by atoms with Crippen molar-refractivity contribution < 1.29 is 0 Å². The third-order valence-corrected chi connectivity index (χ3v) is 3.42. The highest BCUT2D eigenvalue weighted by molar-refractivity contribution is 7.10. The van der Waals surface area contributed by atoms with Crippen LogP contribution in [-0.2, 0) is 0 Å². The predicted molar refractivity (Wildman–Crippen MR) is 65.0 cm³/mol. The molecule has 1 aromatic carbocycles. The number of thiazole rings is 1. The third kappa shape index (κ3) is 2.25. The summed E-state index contributed by atoms with van der Waals surface area (Å²) in [5, 5.41) is 6.44. The van der Waals surface area contributed by atoms with Gasteiger partial charge < -0.3 is 5.32 Å². The average Bonchev–Trinajstić information content (AvgIpc) is 2.78. The first-order chi connectivity index (χ1) is 7.31. The fourth-order valence-electron chi connectivity index (χ4n) is 1.35. The second-order valence-corrected chi connectivity index (χ2v) is 4.34. The lowest BCUT2D eigenvalue weighted by Crippen LogP contribution is -2.11. The van der Waals surface area contributed by atoms with Gasteiger partial charge in [-0.2, -0.15) is 0 Å². The fourth-order valence-corrected chi connectivity index (χ4v) is 2.25. The van der Waals surface area contributed by atoms with Crippen LogP contribution in [0.1, 0.15) is 18.0 Å². The van der Waals surface area contributed by atoms with Crippen LogP contribution >= 0.6 is 11.3 Å². The van der Waals surface area contributed by atoms with Crippen molar-refractivity contribution >= 4 is 11.3 Å². The van der Waals surface area contributed by atoms with Crippen LogP contribution in [0.15, 0.2) is 35.7 Å². The molecule has 3 heteroatoms. The zero-order valence-corrected chi connectivity index (χ0v) is 9.71. The molecule has 0 aliphatic rings. The van der Waals surface area contributed by atoms with E-state index in [9.17, 15) is 0 Å². The Balaban J connectivity index is 2.28. The third-order valence-electron chi connectivity index (χ3n) is 2.39. The molecule has 0 fully saturated rings. The Kier molecular flexibility index (Phi) is 3.14. The van der Waals surface area contributed by atoms with Crippen molar-refractivity contribution in [2.24, 2.45) is 0 Å². The molecule has 2 aromatic rings. The molecular formula is C12H14N2S. The van der Waals surface area contributed by atoms with Gasteiger partial charge in [0.1, 0.15) is 5.01 Å². The Morgan fingerprint density at radius 2 is 2.00 bits per heavy atom. The number of hydrogen-bond acceptors (Lipinski definition) is 3. The first kappa shape index (κ1) is 10.3. The van der Waals surface area contributed by atoms with Gasteiger partial charge in [0.25, 0.3) is 0 Å². The van der Waals surface area contributed by atoms with Crippen molar-refractivity contribution in [3.05, 3.63) is 40.7 Å². The summed E-state index contributed by atoms with van der Waals surface area (Å²) in [4.78, 5) is 4.61. The van der Waals surface area contributed by atoms with Gasteiger partial charge in [-0.05, 0) is 14.0 Å². The van der Waals surface area contributed by atoms with E-state index in [1.165, 1.54) is 5.56 Å². The van der Waals surface area contributed by atoms with E-state index in [0.717, 1.165) is 10.7 Å². The lowest BCUT2D eigenvalue weighted by Gasteiger charge is -2.04. The van der Waals surface area contributed by atoms with E-state index >= 15 is 0 Å². The Morgan fingerprint density at radius 3 is 2.67 bits per heavy atom. The molecule has 0 amide bonds. The monoisotopic (exact) mass is 218 g/mol. The SMILES string of the molecule is CNC(C)c1nc(-c2ccccc2)cs1. The minimum absolute atomic E-state index is 0.326. The number of aromatic nitrogens is 1. The van der Waals surface area contributed by atoms with Crippen LogP contribution in [0.5, 0.6) is 0 Å². The largest absolute Gasteiger partial charge is 0.311 e. The molecule has 0 radical (unpaired) electrons. The summed E-state index contributed by atoms with van der Waals surface area (Å²) in [5.74, 6) is 0. The minimum Gasteiger partial charge on any atom is -0.311 e. The molecule has 1 atom stereocenters. The van der Waals surface area contributed by atoms with Crippen molar-refractivity contribution in [2.75, 3.05) is 7.05 Å². The van der Waals surface area contributed by atoms with Crippen LogP contribution < -0.4 is 5.32 Å². The highest BCUT2D eigenvalue weighted by Crippen LogP contribution is 2.24. The summed E-state index contributed by atoms with van der Waals surface area (Å²) in [6.45, 7) is 2.12. The number of hydrogen-bond donors (Lipinski definition) is 1. The molecule has 2 nitrogen and oxygen atoms in total. The van der Waals surface area contributed by atoms with Gasteiger partial charge in [-0.3, -0.25) is 0 Å². The molecule has 1 aromatic heterocycles. The zero-order valence-electron chi connectivity index (χ0n) is 8.90. The van der Waals surface area contributed by atoms with Crippen LogP contribution in [0.2, 0.25) is 0 Å². The first-order valence-electron chi connectivity index (χ1n) is 4.99. The molecule has 0 saturated heterocycles. The van der Waals surface area contributed by atoms with Gasteiger partial charge >= 0.3 is 0 Å². The Morgan fingerprint density at radius 1 is 1.27 bits per heavy atom. The molecule has 1 heterocycles. The normalized spacial score (nSPS) is 12.7. The van der Waals surface area contributed by atoms with E-state index in [-0.39, 0.29) is 0 Å². The van der Waals surface area contributed by atoms with E-state index in [4.69, 9.17) is 0 Å². The topological polar surface area (TPSA) is 24.9 Å². The molecule has 0 aliphatic carbocycles. The van der Waals surface area contributed by atoms with Crippen LogP contribution in [0, 0.1) is 0 Å². The van der Waals surface area contributed by atoms with Crippen LogP contribution in [0.25, 0.3) is 11.3 Å². The van der Waals surface area contributed by atoms with Crippen molar-refractivity contribution in [3.8, 4) is 11.3 Å². The molecule has 0 spiro atoms. The second-order valence-electron chi connectivity index (χ2n) is 3.45. The van der Waals surface area contributed by atoms with E-state index in [1.54, 1.807) is 11.3 Å². The maximum absolute atomic E-state index is 4.61. The molecule has 2 rings (SSSR count). The summed E-state index contributed by atoms with van der Waals surface area (Å²) in [6.07, 6.45) is 0. The minimum atomic E-state index is 0.326. The van der Waals surface area contributed by atoms with Gasteiger partial charge in [0.2, 0.25) is 0 Å². The molecule has 0 bridgehead atoms. The van der Waals surface area contributed by atoms with Crippen molar-refractivity contribution in [3.63, 3.8) is 0 Å². The first-order valence-corrected chi connectivity index (χ1v) is 5.87. The number of nitrogens with one attached hydrogen (secondary N) is 1. The fraction of sp³-hybridized carbons (Fsp3) is 0.250. The van der Waals surface area contributed by atoms with Gasteiger partial charge in [-0.25, -0.2) is 4.98 Å². The number of benzene rings is 1. The van der Waals surface area contributed by atoms with Gasteiger partial charge in [-0.1, -0.05) is 30.3 Å². The average molecular weight is 218 g/mol.